The summed E-state index contributed by atoms with van der Waals surface area (Å²) in [5, 5.41) is 10.3. The number of carbonyl (C=O) groups is 1. The molecular formula is C18H18Cl2N2O4S. The lowest BCUT2D eigenvalue weighted by Gasteiger charge is -2.34. The lowest BCUT2D eigenvalue weighted by Crippen LogP contribution is -2.50. The largest absolute Gasteiger partial charge is 0.507 e. The number of piperazine rings is 1. The number of para-hydroxylation sites is 1. The molecule has 0 aliphatic carbocycles. The van der Waals surface area contributed by atoms with Gasteiger partial charge in [0.2, 0.25) is 10.0 Å². The number of sulfonamides is 1. The lowest BCUT2D eigenvalue weighted by atomic mass is 10.1. The Balaban J connectivity index is 1.76. The van der Waals surface area contributed by atoms with Crippen LogP contribution in [0.25, 0.3) is 0 Å². The Morgan fingerprint density at radius 3 is 2.33 bits per heavy atom. The summed E-state index contributed by atoms with van der Waals surface area (Å²) in [6.07, 6.45) is 0. The van der Waals surface area contributed by atoms with Crippen LogP contribution in [0.3, 0.4) is 0 Å². The fourth-order valence-electron chi connectivity index (χ4n) is 2.96. The molecular weight excluding hydrogens is 411 g/mol. The van der Waals surface area contributed by atoms with Gasteiger partial charge in [-0.05, 0) is 30.7 Å². The van der Waals surface area contributed by atoms with E-state index in [-0.39, 0.29) is 58.3 Å². The van der Waals surface area contributed by atoms with Gasteiger partial charge in [-0.1, -0.05) is 41.4 Å². The minimum absolute atomic E-state index is 0.0117. The zero-order chi connectivity index (χ0) is 19.8. The Morgan fingerprint density at radius 2 is 1.67 bits per heavy atom. The third kappa shape index (κ3) is 3.78. The van der Waals surface area contributed by atoms with E-state index < -0.39 is 10.0 Å². The third-order valence-corrected chi connectivity index (χ3v) is 7.40. The molecule has 0 atom stereocenters. The highest BCUT2D eigenvalue weighted by atomic mass is 35.5. The SMILES string of the molecule is Cc1cccc(C(=O)N2CCN(S(=O)(=O)c3cccc(Cl)c3Cl)CC2)c1O. The molecule has 1 amide bonds. The van der Waals surface area contributed by atoms with Crippen molar-refractivity contribution in [3.8, 4) is 5.75 Å². The normalized spacial score (nSPS) is 15.7. The highest BCUT2D eigenvalue weighted by Gasteiger charge is 2.32. The Kier molecular flexibility index (Phi) is 5.67. The first-order valence-electron chi connectivity index (χ1n) is 8.25. The van der Waals surface area contributed by atoms with Gasteiger partial charge in [0.25, 0.3) is 5.91 Å². The Hall–Kier alpha value is -1.80. The third-order valence-electron chi connectivity index (χ3n) is 4.53. The van der Waals surface area contributed by atoms with Crippen molar-refractivity contribution in [3.63, 3.8) is 0 Å². The van der Waals surface area contributed by atoms with Gasteiger partial charge in [0.1, 0.15) is 10.6 Å². The van der Waals surface area contributed by atoms with Crippen molar-refractivity contribution >= 4 is 39.1 Å². The second-order valence-electron chi connectivity index (χ2n) is 6.22. The van der Waals surface area contributed by atoms with E-state index in [4.69, 9.17) is 23.2 Å². The molecule has 1 heterocycles. The lowest BCUT2D eigenvalue weighted by molar-refractivity contribution is 0.0694. The number of halogens is 2. The maximum atomic E-state index is 12.8. The molecule has 1 saturated heterocycles. The number of hydrogen-bond donors (Lipinski definition) is 1. The predicted molar refractivity (Wildman–Crippen MR) is 104 cm³/mol. The Bertz CT molecular complexity index is 987. The number of carbonyl (C=O) groups excluding carboxylic acids is 1. The first-order valence-corrected chi connectivity index (χ1v) is 10.4. The van der Waals surface area contributed by atoms with E-state index in [1.165, 1.54) is 27.4 Å². The minimum atomic E-state index is -3.81. The second kappa shape index (κ2) is 7.67. The van der Waals surface area contributed by atoms with Crippen LogP contribution in [-0.2, 0) is 10.0 Å². The molecule has 0 aromatic heterocycles. The van der Waals surface area contributed by atoms with Gasteiger partial charge >= 0.3 is 0 Å². The van der Waals surface area contributed by atoms with Crippen LogP contribution < -0.4 is 0 Å². The molecule has 27 heavy (non-hydrogen) atoms. The van der Waals surface area contributed by atoms with Crippen LogP contribution in [0.5, 0.6) is 5.75 Å². The molecule has 1 fully saturated rings. The van der Waals surface area contributed by atoms with Crippen LogP contribution in [0, 0.1) is 6.92 Å². The molecule has 0 saturated carbocycles. The summed E-state index contributed by atoms with van der Waals surface area (Å²) in [6.45, 7) is 2.39. The highest BCUT2D eigenvalue weighted by Crippen LogP contribution is 2.31. The smallest absolute Gasteiger partial charge is 0.257 e. The average Bonchev–Trinajstić information content (AvgIpc) is 2.65. The predicted octanol–water partition coefficient (Wildman–Crippen LogP) is 3.15. The number of phenolic OH excluding ortho intramolecular Hbond substituents is 1. The summed E-state index contributed by atoms with van der Waals surface area (Å²) in [7, 11) is -3.81. The monoisotopic (exact) mass is 428 g/mol. The first-order chi connectivity index (χ1) is 12.7. The van der Waals surface area contributed by atoms with Crippen molar-refractivity contribution in [2.24, 2.45) is 0 Å². The summed E-state index contributed by atoms with van der Waals surface area (Å²) >= 11 is 12.0. The molecule has 0 unspecified atom stereocenters. The van der Waals surface area contributed by atoms with Crippen molar-refractivity contribution in [1.29, 1.82) is 0 Å². The van der Waals surface area contributed by atoms with Gasteiger partial charge in [-0.3, -0.25) is 4.79 Å². The second-order valence-corrected chi connectivity index (χ2v) is 8.91. The van der Waals surface area contributed by atoms with Gasteiger partial charge in [0.05, 0.1) is 15.6 Å². The quantitative estimate of drug-likeness (QED) is 0.813. The molecule has 2 aromatic rings. The van der Waals surface area contributed by atoms with Gasteiger partial charge in [-0.2, -0.15) is 4.31 Å². The number of aryl methyl sites for hydroxylation is 1. The number of nitrogens with zero attached hydrogens (tertiary/aromatic N) is 2. The summed E-state index contributed by atoms with van der Waals surface area (Å²) in [5.74, 6) is -0.378. The molecule has 1 aliphatic rings. The molecule has 144 valence electrons. The van der Waals surface area contributed by atoms with E-state index >= 15 is 0 Å². The van der Waals surface area contributed by atoms with Gasteiger partial charge in [-0.15, -0.1) is 0 Å². The van der Waals surface area contributed by atoms with E-state index in [1.807, 2.05) is 0 Å². The summed E-state index contributed by atoms with van der Waals surface area (Å²) in [5.41, 5.74) is 0.821. The fraction of sp³-hybridized carbons (Fsp3) is 0.278. The van der Waals surface area contributed by atoms with E-state index in [9.17, 15) is 18.3 Å². The van der Waals surface area contributed by atoms with Crippen LogP contribution in [0.15, 0.2) is 41.3 Å². The molecule has 3 rings (SSSR count). The molecule has 0 spiro atoms. The number of benzene rings is 2. The molecule has 6 nitrogen and oxygen atoms in total. The van der Waals surface area contributed by atoms with Crippen molar-refractivity contribution in [2.75, 3.05) is 26.2 Å². The van der Waals surface area contributed by atoms with Crippen LogP contribution in [0.4, 0.5) is 0 Å². The van der Waals surface area contributed by atoms with Crippen LogP contribution in [0.2, 0.25) is 10.0 Å². The number of aromatic hydroxyl groups is 1. The maximum absolute atomic E-state index is 12.8. The average molecular weight is 429 g/mol. The molecule has 9 heteroatoms. The number of rotatable bonds is 3. The highest BCUT2D eigenvalue weighted by molar-refractivity contribution is 7.89. The van der Waals surface area contributed by atoms with Gasteiger partial charge in [-0.25, -0.2) is 8.42 Å². The van der Waals surface area contributed by atoms with Crippen LogP contribution >= 0.6 is 23.2 Å². The van der Waals surface area contributed by atoms with Crippen LogP contribution in [0.1, 0.15) is 15.9 Å². The topological polar surface area (TPSA) is 77.9 Å². The first kappa shape index (κ1) is 19.9. The van der Waals surface area contributed by atoms with E-state index in [1.54, 1.807) is 25.1 Å². The van der Waals surface area contributed by atoms with Crippen LogP contribution in [-0.4, -0.2) is 54.8 Å². The molecule has 0 bridgehead atoms. The number of phenols is 1. The van der Waals surface area contributed by atoms with Gasteiger partial charge in [0, 0.05) is 26.2 Å². The maximum Gasteiger partial charge on any atom is 0.257 e. The van der Waals surface area contributed by atoms with Crippen molar-refractivity contribution in [1.82, 2.24) is 9.21 Å². The number of amides is 1. The van der Waals surface area contributed by atoms with Gasteiger partial charge in [0.15, 0.2) is 0 Å². The molecule has 1 aliphatic heterocycles. The van der Waals surface area contributed by atoms with Crippen molar-refractivity contribution in [2.45, 2.75) is 11.8 Å². The Labute approximate surface area is 168 Å². The standard InChI is InChI=1S/C18H18Cl2N2O4S/c1-12-4-2-5-13(17(12)23)18(24)21-8-10-22(11-9-21)27(25,26)15-7-3-6-14(19)16(15)20/h2-7,23H,8-11H2,1H3. The minimum Gasteiger partial charge on any atom is -0.507 e. The van der Waals surface area contributed by atoms with Crippen molar-refractivity contribution in [3.05, 3.63) is 57.6 Å². The van der Waals surface area contributed by atoms with E-state index in [0.717, 1.165) is 0 Å². The molecule has 0 radical (unpaired) electrons. The van der Waals surface area contributed by atoms with E-state index in [0.29, 0.717) is 5.56 Å². The number of hydrogen-bond acceptors (Lipinski definition) is 4. The van der Waals surface area contributed by atoms with E-state index in [2.05, 4.69) is 0 Å². The molecule has 2 aromatic carbocycles. The van der Waals surface area contributed by atoms with Gasteiger partial charge < -0.3 is 10.0 Å². The zero-order valence-corrected chi connectivity index (χ0v) is 16.9. The summed E-state index contributed by atoms with van der Waals surface area (Å²) < 4.78 is 27.0. The summed E-state index contributed by atoms with van der Waals surface area (Å²) in [6, 6.07) is 9.43. The summed E-state index contributed by atoms with van der Waals surface area (Å²) in [4.78, 5) is 14.1. The fourth-order valence-corrected chi connectivity index (χ4v) is 5.11. The Morgan fingerprint density at radius 1 is 1.04 bits per heavy atom. The van der Waals surface area contributed by atoms with Crippen molar-refractivity contribution < 1.29 is 18.3 Å². The molecule has 1 N–H and O–H groups in total. The zero-order valence-electron chi connectivity index (χ0n) is 14.5.